The third kappa shape index (κ3) is 4.45. The molecule has 0 aliphatic carbocycles. The lowest BCUT2D eigenvalue weighted by Crippen LogP contribution is -2.34. The van der Waals surface area contributed by atoms with E-state index < -0.39 is 12.0 Å². The summed E-state index contributed by atoms with van der Waals surface area (Å²) in [6, 6.07) is 8.95. The fourth-order valence-electron chi connectivity index (χ4n) is 2.40. The van der Waals surface area contributed by atoms with Gasteiger partial charge in [0.25, 0.3) is 0 Å². The molecule has 0 fully saturated rings. The van der Waals surface area contributed by atoms with Crippen LogP contribution in [0, 0.1) is 5.92 Å². The summed E-state index contributed by atoms with van der Waals surface area (Å²) in [6.45, 7) is 3.72. The van der Waals surface area contributed by atoms with E-state index in [4.69, 9.17) is 0 Å². The summed E-state index contributed by atoms with van der Waals surface area (Å²) < 4.78 is 40.5. The van der Waals surface area contributed by atoms with E-state index in [0.717, 1.165) is 5.56 Å². The van der Waals surface area contributed by atoms with Gasteiger partial charge in [-0.1, -0.05) is 32.0 Å². The molecule has 1 atom stereocenters. The predicted molar refractivity (Wildman–Crippen MR) is 79.8 cm³/mol. The Bertz CT molecular complexity index is 627. The average molecular weight is 325 g/mol. The summed E-state index contributed by atoms with van der Waals surface area (Å²) in [5, 5.41) is 11.0. The van der Waals surface area contributed by atoms with Gasteiger partial charge in [0.15, 0.2) is 0 Å². The van der Waals surface area contributed by atoms with Gasteiger partial charge in [-0.15, -0.1) is 13.2 Å². The minimum atomic E-state index is -4.73. The molecule has 0 bridgehead atoms. The van der Waals surface area contributed by atoms with Crippen LogP contribution in [-0.4, -0.2) is 16.5 Å². The maximum absolute atomic E-state index is 12.2. The zero-order valence-electron chi connectivity index (χ0n) is 12.8. The molecule has 0 aliphatic rings. The van der Waals surface area contributed by atoms with Gasteiger partial charge in [0.2, 0.25) is 0 Å². The lowest BCUT2D eigenvalue weighted by molar-refractivity contribution is -0.274. The molecule has 0 saturated carbocycles. The van der Waals surface area contributed by atoms with Gasteiger partial charge in [-0.3, -0.25) is 4.98 Å². The Kier molecular flexibility index (Phi) is 4.94. The Morgan fingerprint density at radius 2 is 1.78 bits per heavy atom. The summed E-state index contributed by atoms with van der Waals surface area (Å²) in [5.41, 5.74) is 0.171. The fraction of sp³-hybridized carbons (Fsp3) is 0.353. The number of nitrogens with zero attached hydrogens (tertiary/aromatic N) is 1. The zero-order valence-corrected chi connectivity index (χ0v) is 12.8. The predicted octanol–water partition coefficient (Wildman–Crippen LogP) is 4.07. The van der Waals surface area contributed by atoms with Crippen molar-refractivity contribution in [3.63, 3.8) is 0 Å². The molecule has 0 saturated heterocycles. The van der Waals surface area contributed by atoms with E-state index in [1.807, 2.05) is 19.9 Å². The van der Waals surface area contributed by atoms with Crippen molar-refractivity contribution >= 4 is 0 Å². The summed E-state index contributed by atoms with van der Waals surface area (Å²) >= 11 is 0. The molecule has 0 spiro atoms. The van der Waals surface area contributed by atoms with Crippen LogP contribution in [-0.2, 0) is 12.0 Å². The van der Waals surface area contributed by atoms with E-state index in [1.165, 1.54) is 24.3 Å². The number of ether oxygens (including phenoxy) is 1. The molecule has 0 radical (unpaired) electrons. The van der Waals surface area contributed by atoms with Crippen LogP contribution >= 0.6 is 0 Å². The van der Waals surface area contributed by atoms with Crippen LogP contribution in [0.2, 0.25) is 0 Å². The Morgan fingerprint density at radius 3 is 2.26 bits per heavy atom. The standard InChI is InChI=1S/C17H18F3NO2/c1-12(2)16(22,10-13-4-3-9-21-11-13)14-5-7-15(8-6-14)23-17(18,19)20/h3-9,11-12,22H,10H2,1-2H3. The highest BCUT2D eigenvalue weighted by molar-refractivity contribution is 5.33. The second-order valence-electron chi connectivity index (χ2n) is 5.69. The summed E-state index contributed by atoms with van der Waals surface area (Å²) in [5.74, 6) is -0.453. The van der Waals surface area contributed by atoms with Crippen molar-refractivity contribution < 1.29 is 23.0 Å². The number of benzene rings is 1. The highest BCUT2D eigenvalue weighted by atomic mass is 19.4. The third-order valence-corrected chi connectivity index (χ3v) is 3.74. The molecule has 1 aromatic heterocycles. The van der Waals surface area contributed by atoms with Crippen LogP contribution in [0.25, 0.3) is 0 Å². The van der Waals surface area contributed by atoms with Crippen molar-refractivity contribution in [2.75, 3.05) is 0 Å². The molecule has 1 unspecified atom stereocenters. The number of aromatic nitrogens is 1. The van der Waals surface area contributed by atoms with Crippen LogP contribution in [0.5, 0.6) is 5.75 Å². The second-order valence-corrected chi connectivity index (χ2v) is 5.69. The smallest absolute Gasteiger partial charge is 0.406 e. The topological polar surface area (TPSA) is 42.4 Å². The molecule has 6 heteroatoms. The largest absolute Gasteiger partial charge is 0.573 e. The van der Waals surface area contributed by atoms with Crippen LogP contribution in [0.4, 0.5) is 13.2 Å². The van der Waals surface area contributed by atoms with Gasteiger partial charge in [0, 0.05) is 18.8 Å². The lowest BCUT2D eigenvalue weighted by atomic mass is 9.79. The number of pyridine rings is 1. The summed E-state index contributed by atoms with van der Waals surface area (Å²) in [7, 11) is 0. The van der Waals surface area contributed by atoms with E-state index in [-0.39, 0.29) is 11.7 Å². The van der Waals surface area contributed by atoms with Crippen LogP contribution < -0.4 is 4.74 Å². The van der Waals surface area contributed by atoms with E-state index in [9.17, 15) is 18.3 Å². The van der Waals surface area contributed by atoms with Crippen LogP contribution in [0.3, 0.4) is 0 Å². The Labute approximate surface area is 132 Å². The van der Waals surface area contributed by atoms with Crippen LogP contribution in [0.1, 0.15) is 25.0 Å². The van der Waals surface area contributed by atoms with E-state index >= 15 is 0 Å². The number of hydrogen-bond acceptors (Lipinski definition) is 3. The zero-order chi connectivity index (χ0) is 17.1. The van der Waals surface area contributed by atoms with Gasteiger partial charge in [0.1, 0.15) is 5.75 Å². The maximum atomic E-state index is 12.2. The molecule has 1 aromatic carbocycles. The van der Waals surface area contributed by atoms with Crippen molar-refractivity contribution in [3.05, 3.63) is 59.9 Å². The van der Waals surface area contributed by atoms with E-state index in [0.29, 0.717) is 12.0 Å². The highest BCUT2D eigenvalue weighted by Crippen LogP contribution is 2.34. The minimum absolute atomic E-state index is 0.142. The third-order valence-electron chi connectivity index (χ3n) is 3.74. The van der Waals surface area contributed by atoms with Crippen molar-refractivity contribution in [2.24, 2.45) is 5.92 Å². The Morgan fingerprint density at radius 1 is 1.13 bits per heavy atom. The number of aliphatic hydroxyl groups is 1. The SMILES string of the molecule is CC(C)C(O)(Cc1cccnc1)c1ccc(OC(F)(F)F)cc1. The summed E-state index contributed by atoms with van der Waals surface area (Å²) in [4.78, 5) is 4.02. The molecule has 0 aliphatic heterocycles. The fourth-order valence-corrected chi connectivity index (χ4v) is 2.40. The molecule has 124 valence electrons. The van der Waals surface area contributed by atoms with Crippen molar-refractivity contribution in [1.82, 2.24) is 4.98 Å². The van der Waals surface area contributed by atoms with Gasteiger partial charge >= 0.3 is 6.36 Å². The van der Waals surface area contributed by atoms with Gasteiger partial charge in [0.05, 0.1) is 5.60 Å². The monoisotopic (exact) mass is 325 g/mol. The average Bonchev–Trinajstić information content (AvgIpc) is 2.47. The molecule has 2 rings (SSSR count). The number of rotatable bonds is 5. The second kappa shape index (κ2) is 6.58. The van der Waals surface area contributed by atoms with Gasteiger partial charge in [-0.25, -0.2) is 0 Å². The van der Waals surface area contributed by atoms with Crippen molar-refractivity contribution in [1.29, 1.82) is 0 Å². The molecule has 3 nitrogen and oxygen atoms in total. The molecule has 0 amide bonds. The van der Waals surface area contributed by atoms with Crippen molar-refractivity contribution in [3.8, 4) is 5.75 Å². The number of alkyl halides is 3. The van der Waals surface area contributed by atoms with Gasteiger partial charge in [-0.2, -0.15) is 0 Å². The summed E-state index contributed by atoms with van der Waals surface area (Å²) in [6.07, 6.45) is -1.11. The molecule has 23 heavy (non-hydrogen) atoms. The maximum Gasteiger partial charge on any atom is 0.573 e. The molecule has 1 heterocycles. The molecular formula is C17H18F3NO2. The number of halogens is 3. The minimum Gasteiger partial charge on any atom is -0.406 e. The first-order valence-corrected chi connectivity index (χ1v) is 7.18. The van der Waals surface area contributed by atoms with Gasteiger partial charge < -0.3 is 9.84 Å². The highest BCUT2D eigenvalue weighted by Gasteiger charge is 2.34. The quantitative estimate of drug-likeness (QED) is 0.901. The first-order chi connectivity index (χ1) is 10.7. The van der Waals surface area contributed by atoms with E-state index in [2.05, 4.69) is 9.72 Å². The van der Waals surface area contributed by atoms with Crippen LogP contribution in [0.15, 0.2) is 48.8 Å². The Hall–Kier alpha value is -2.08. The van der Waals surface area contributed by atoms with E-state index in [1.54, 1.807) is 18.5 Å². The normalized spacial score (nSPS) is 14.6. The number of hydrogen-bond donors (Lipinski definition) is 1. The molecular weight excluding hydrogens is 307 g/mol. The van der Waals surface area contributed by atoms with Gasteiger partial charge in [-0.05, 0) is 35.2 Å². The first kappa shape index (κ1) is 17.3. The first-order valence-electron chi connectivity index (χ1n) is 7.18. The van der Waals surface area contributed by atoms with Crippen molar-refractivity contribution in [2.45, 2.75) is 32.2 Å². The molecule has 2 aromatic rings. The lowest BCUT2D eigenvalue weighted by Gasteiger charge is -2.33. The molecule has 1 N–H and O–H groups in total. The Balaban J connectivity index is 2.27.